The van der Waals surface area contributed by atoms with Crippen molar-refractivity contribution in [1.29, 1.82) is 0 Å². The van der Waals surface area contributed by atoms with Crippen LogP contribution in [0.2, 0.25) is 0 Å². The molecule has 126 valence electrons. The van der Waals surface area contributed by atoms with Gasteiger partial charge in [0.2, 0.25) is 5.91 Å². The maximum atomic E-state index is 12.4. The minimum absolute atomic E-state index is 0.0891. The Morgan fingerprint density at radius 2 is 1.70 bits per heavy atom. The van der Waals surface area contributed by atoms with Gasteiger partial charge in [-0.3, -0.25) is 13.9 Å². The molecule has 7 heteroatoms. The number of carbonyl (C=O) groups excluding carboxylic acids is 1. The van der Waals surface area contributed by atoms with E-state index in [1.165, 1.54) is 0 Å². The summed E-state index contributed by atoms with van der Waals surface area (Å²) in [6.07, 6.45) is 0. The molecule has 0 radical (unpaired) electrons. The molecule has 1 amide bonds. The summed E-state index contributed by atoms with van der Waals surface area (Å²) in [4.78, 5) is 26.1. The number of halogens is 1. The van der Waals surface area contributed by atoms with Crippen molar-refractivity contribution in [1.82, 2.24) is 9.13 Å². The molecule has 0 aliphatic carbocycles. The lowest BCUT2D eigenvalue weighted by atomic mass is 10.1. The van der Waals surface area contributed by atoms with Crippen LogP contribution >= 0.6 is 15.9 Å². The van der Waals surface area contributed by atoms with Crippen molar-refractivity contribution in [3.05, 3.63) is 22.6 Å². The fraction of sp³-hybridized carbons (Fsp3) is 0.500. The smallest absolute Gasteiger partial charge is 0.328 e. The van der Waals surface area contributed by atoms with Crippen molar-refractivity contribution in [2.75, 3.05) is 24.3 Å². The maximum absolute atomic E-state index is 12.4. The van der Waals surface area contributed by atoms with Crippen LogP contribution < -0.4 is 15.9 Å². The van der Waals surface area contributed by atoms with E-state index in [-0.39, 0.29) is 22.3 Å². The van der Waals surface area contributed by atoms with Crippen molar-refractivity contribution < 1.29 is 4.79 Å². The molecule has 1 aromatic carbocycles. The molecule has 0 bridgehead atoms. The van der Waals surface area contributed by atoms with Crippen LogP contribution in [0.4, 0.5) is 11.4 Å². The number of alkyl halides is 1. The summed E-state index contributed by atoms with van der Waals surface area (Å²) in [5.74, 6) is 0.0889. The van der Waals surface area contributed by atoms with Crippen molar-refractivity contribution in [3.8, 4) is 0 Å². The average molecular weight is 383 g/mol. The van der Waals surface area contributed by atoms with Gasteiger partial charge in [0.05, 0.1) is 27.2 Å². The number of aromatic nitrogens is 2. The third-order valence-electron chi connectivity index (χ3n) is 3.96. The molecular weight excluding hydrogens is 360 g/mol. The number of imidazole rings is 1. The molecule has 1 atom stereocenters. The molecule has 1 aromatic heterocycles. The van der Waals surface area contributed by atoms with Gasteiger partial charge in [0.1, 0.15) is 0 Å². The lowest BCUT2D eigenvalue weighted by Crippen LogP contribution is -2.28. The fourth-order valence-corrected chi connectivity index (χ4v) is 2.62. The van der Waals surface area contributed by atoms with Gasteiger partial charge in [-0.15, -0.1) is 0 Å². The quantitative estimate of drug-likeness (QED) is 0.825. The van der Waals surface area contributed by atoms with Crippen molar-refractivity contribution >= 4 is 44.2 Å². The molecule has 0 saturated carbocycles. The molecule has 0 aliphatic heterocycles. The maximum Gasteiger partial charge on any atom is 0.328 e. The summed E-state index contributed by atoms with van der Waals surface area (Å²) in [7, 11) is 7.29. The van der Waals surface area contributed by atoms with Gasteiger partial charge in [-0.2, -0.15) is 0 Å². The number of fused-ring (bicyclic) bond motifs is 1. The Morgan fingerprint density at radius 1 is 1.17 bits per heavy atom. The van der Waals surface area contributed by atoms with E-state index in [2.05, 4.69) is 21.2 Å². The zero-order chi connectivity index (χ0) is 17.5. The van der Waals surface area contributed by atoms with E-state index in [0.29, 0.717) is 5.69 Å². The Hall–Kier alpha value is -1.76. The average Bonchev–Trinajstić information content (AvgIpc) is 2.70. The summed E-state index contributed by atoms with van der Waals surface area (Å²) in [6.45, 7) is 3.96. The monoisotopic (exact) mass is 382 g/mol. The molecule has 23 heavy (non-hydrogen) atoms. The molecular formula is C16H23BrN4O2. The highest BCUT2D eigenvalue weighted by molar-refractivity contribution is 9.10. The highest BCUT2D eigenvalue weighted by Gasteiger charge is 2.21. The SMILES string of the molecule is CC(C)[C@H](Br)C(=O)Nc1cc2c(cc1N(C)C)n(C)c(=O)n2C. The summed E-state index contributed by atoms with van der Waals surface area (Å²) in [5, 5.41) is 2.97. The van der Waals surface area contributed by atoms with E-state index in [4.69, 9.17) is 0 Å². The second-order valence-corrected chi connectivity index (χ2v) is 7.27. The summed E-state index contributed by atoms with van der Waals surface area (Å²) in [6, 6.07) is 3.77. The molecule has 0 unspecified atom stereocenters. The Bertz CT molecular complexity index is 804. The predicted molar refractivity (Wildman–Crippen MR) is 98.7 cm³/mol. The van der Waals surface area contributed by atoms with Crippen LogP contribution in [0.3, 0.4) is 0 Å². The number of nitrogens with one attached hydrogen (secondary N) is 1. The summed E-state index contributed by atoms with van der Waals surface area (Å²) in [5.41, 5.74) is 3.08. The fourth-order valence-electron chi connectivity index (χ4n) is 2.51. The van der Waals surface area contributed by atoms with E-state index in [0.717, 1.165) is 16.7 Å². The molecule has 0 saturated heterocycles. The number of rotatable bonds is 4. The first-order chi connectivity index (χ1) is 10.6. The Kier molecular flexibility index (Phi) is 4.89. The van der Waals surface area contributed by atoms with Gasteiger partial charge in [0, 0.05) is 28.2 Å². The minimum Gasteiger partial charge on any atom is -0.376 e. The number of carbonyl (C=O) groups is 1. The van der Waals surface area contributed by atoms with E-state index in [1.807, 2.05) is 45.0 Å². The molecule has 0 spiro atoms. The van der Waals surface area contributed by atoms with Crippen LogP contribution in [0.25, 0.3) is 11.0 Å². The van der Waals surface area contributed by atoms with Gasteiger partial charge < -0.3 is 10.2 Å². The Balaban J connectivity index is 2.58. The largest absolute Gasteiger partial charge is 0.376 e. The van der Waals surface area contributed by atoms with Crippen LogP contribution in [0.5, 0.6) is 0 Å². The van der Waals surface area contributed by atoms with E-state index < -0.39 is 0 Å². The molecule has 6 nitrogen and oxygen atoms in total. The van der Waals surface area contributed by atoms with Crippen LogP contribution in [0, 0.1) is 5.92 Å². The first-order valence-corrected chi connectivity index (χ1v) is 8.38. The third-order valence-corrected chi connectivity index (χ3v) is 5.44. The Morgan fingerprint density at radius 3 is 2.17 bits per heavy atom. The van der Waals surface area contributed by atoms with Gasteiger partial charge in [0.15, 0.2) is 0 Å². The van der Waals surface area contributed by atoms with E-state index >= 15 is 0 Å². The van der Waals surface area contributed by atoms with E-state index in [9.17, 15) is 9.59 Å². The molecule has 2 aromatic rings. The second kappa shape index (κ2) is 6.39. The van der Waals surface area contributed by atoms with Crippen molar-refractivity contribution in [3.63, 3.8) is 0 Å². The van der Waals surface area contributed by atoms with Gasteiger partial charge >= 0.3 is 5.69 Å². The molecule has 2 rings (SSSR count). The van der Waals surface area contributed by atoms with Gasteiger partial charge in [-0.25, -0.2) is 4.79 Å². The highest BCUT2D eigenvalue weighted by Crippen LogP contribution is 2.30. The number of anilines is 2. The number of aryl methyl sites for hydroxylation is 2. The van der Waals surface area contributed by atoms with Crippen LogP contribution in [0.1, 0.15) is 13.8 Å². The number of hydrogen-bond acceptors (Lipinski definition) is 3. The number of benzene rings is 1. The third kappa shape index (κ3) is 3.15. The number of hydrogen-bond donors (Lipinski definition) is 1. The number of amides is 1. The topological polar surface area (TPSA) is 59.3 Å². The van der Waals surface area contributed by atoms with Gasteiger partial charge in [0.25, 0.3) is 0 Å². The second-order valence-electron chi connectivity index (χ2n) is 6.29. The van der Waals surface area contributed by atoms with Crippen molar-refractivity contribution in [2.24, 2.45) is 20.0 Å². The van der Waals surface area contributed by atoms with Gasteiger partial charge in [-0.1, -0.05) is 29.8 Å². The molecule has 0 aliphatic rings. The zero-order valence-electron chi connectivity index (χ0n) is 14.3. The lowest BCUT2D eigenvalue weighted by Gasteiger charge is -2.20. The normalized spacial score (nSPS) is 12.7. The zero-order valence-corrected chi connectivity index (χ0v) is 15.9. The summed E-state index contributed by atoms with van der Waals surface area (Å²) < 4.78 is 3.19. The highest BCUT2D eigenvalue weighted by atomic mass is 79.9. The summed E-state index contributed by atoms with van der Waals surface area (Å²) >= 11 is 3.42. The minimum atomic E-state index is -0.271. The van der Waals surface area contributed by atoms with E-state index in [1.54, 1.807) is 23.2 Å². The van der Waals surface area contributed by atoms with Crippen LogP contribution in [0.15, 0.2) is 16.9 Å². The molecule has 1 heterocycles. The first-order valence-electron chi connectivity index (χ1n) is 7.46. The predicted octanol–water partition coefficient (Wildman–Crippen LogP) is 2.30. The molecule has 1 N–H and O–H groups in total. The first kappa shape index (κ1) is 17.6. The van der Waals surface area contributed by atoms with Gasteiger partial charge in [-0.05, 0) is 18.1 Å². The van der Waals surface area contributed by atoms with Crippen LogP contribution in [-0.2, 0) is 18.9 Å². The Labute approximate surface area is 144 Å². The lowest BCUT2D eigenvalue weighted by molar-refractivity contribution is -0.116. The van der Waals surface area contributed by atoms with Crippen LogP contribution in [-0.4, -0.2) is 34.0 Å². The number of nitrogens with zero attached hydrogens (tertiary/aromatic N) is 3. The van der Waals surface area contributed by atoms with Crippen molar-refractivity contribution in [2.45, 2.75) is 18.7 Å². The molecule has 0 fully saturated rings. The standard InChI is InChI=1S/C16H23BrN4O2/c1-9(2)14(17)15(22)18-10-7-12-13(8-11(10)19(3)4)21(6)16(23)20(12)5/h7-9,14H,1-6H3,(H,18,22)/t14-/m0/s1.